The maximum atomic E-state index is 13.1. The lowest BCUT2D eigenvalue weighted by Crippen LogP contribution is -2.48. The topological polar surface area (TPSA) is 91.8 Å². The molecule has 9 heteroatoms. The molecule has 4 rings (SSSR count). The molecule has 2 aliphatic rings. The Balaban J connectivity index is 1.48. The van der Waals surface area contributed by atoms with Gasteiger partial charge < -0.3 is 15.0 Å². The van der Waals surface area contributed by atoms with Gasteiger partial charge in [-0.15, -0.1) is 0 Å². The molecule has 166 valence electrons. The monoisotopic (exact) mass is 444 g/mol. The molecule has 0 saturated carbocycles. The van der Waals surface area contributed by atoms with Crippen molar-refractivity contribution in [2.45, 2.75) is 43.8 Å². The summed E-state index contributed by atoms with van der Waals surface area (Å²) in [5.41, 5.74) is 0.844. The molecule has 2 aromatic rings. The van der Waals surface area contributed by atoms with Gasteiger partial charge in [0, 0.05) is 31.7 Å². The number of ether oxygens (including phenoxy) is 1. The minimum Gasteiger partial charge on any atom is -0.373 e. The van der Waals surface area contributed by atoms with Gasteiger partial charge in [0.1, 0.15) is 5.82 Å². The van der Waals surface area contributed by atoms with Gasteiger partial charge in [0.25, 0.3) is 5.91 Å². The standard InChI is InChI=1S/C22H28N4O4S/c1-16-14-26(15-17(2)30-16)31(28,29)20-7-5-6-18(12-20)22(27)24-19-8-9-21(23-13-19)25-10-3-4-11-25/h5-9,12-13,16-17H,3-4,10-11,14-15H2,1-2H3,(H,24,27). The Bertz CT molecular complexity index is 1030. The van der Waals surface area contributed by atoms with Gasteiger partial charge in [-0.1, -0.05) is 6.07 Å². The Morgan fingerprint density at radius 3 is 2.45 bits per heavy atom. The van der Waals surface area contributed by atoms with Crippen LogP contribution in [-0.4, -0.2) is 62.0 Å². The Morgan fingerprint density at radius 2 is 1.81 bits per heavy atom. The number of hydrogen-bond acceptors (Lipinski definition) is 6. The second-order valence-electron chi connectivity index (χ2n) is 8.16. The summed E-state index contributed by atoms with van der Waals surface area (Å²) in [6.07, 6.45) is 3.61. The predicted octanol–water partition coefficient (Wildman–Crippen LogP) is 2.73. The number of nitrogens with one attached hydrogen (secondary N) is 1. The summed E-state index contributed by atoms with van der Waals surface area (Å²) in [6, 6.07) is 9.83. The SMILES string of the molecule is CC1CN(S(=O)(=O)c2cccc(C(=O)Nc3ccc(N4CCCC4)nc3)c2)CC(C)O1. The summed E-state index contributed by atoms with van der Waals surface area (Å²) in [4.78, 5) is 19.5. The molecule has 0 aliphatic carbocycles. The third-order valence-electron chi connectivity index (χ3n) is 5.56. The van der Waals surface area contributed by atoms with Crippen LogP contribution >= 0.6 is 0 Å². The zero-order chi connectivity index (χ0) is 22.0. The average molecular weight is 445 g/mol. The number of aromatic nitrogens is 1. The van der Waals surface area contributed by atoms with E-state index in [1.165, 1.54) is 29.3 Å². The summed E-state index contributed by atoms with van der Waals surface area (Å²) in [7, 11) is -3.72. The number of benzene rings is 1. The molecule has 2 saturated heterocycles. The van der Waals surface area contributed by atoms with Crippen LogP contribution in [0.4, 0.5) is 11.5 Å². The number of anilines is 2. The van der Waals surface area contributed by atoms with Crippen LogP contribution in [0.25, 0.3) is 0 Å². The van der Waals surface area contributed by atoms with Gasteiger partial charge >= 0.3 is 0 Å². The van der Waals surface area contributed by atoms with Crippen LogP contribution in [0.3, 0.4) is 0 Å². The quantitative estimate of drug-likeness (QED) is 0.763. The maximum absolute atomic E-state index is 13.1. The van der Waals surface area contributed by atoms with Gasteiger partial charge in [-0.05, 0) is 57.0 Å². The van der Waals surface area contributed by atoms with Crippen molar-refractivity contribution in [2.24, 2.45) is 0 Å². The summed E-state index contributed by atoms with van der Waals surface area (Å²) in [5.74, 6) is 0.522. The summed E-state index contributed by atoms with van der Waals surface area (Å²) in [6.45, 7) is 6.29. The normalized spacial score (nSPS) is 22.5. The van der Waals surface area contributed by atoms with E-state index in [1.807, 2.05) is 26.0 Å². The van der Waals surface area contributed by atoms with E-state index < -0.39 is 10.0 Å². The highest BCUT2D eigenvalue weighted by Gasteiger charge is 2.32. The fourth-order valence-electron chi connectivity index (χ4n) is 4.07. The number of hydrogen-bond donors (Lipinski definition) is 1. The Labute approximate surface area is 183 Å². The number of pyridine rings is 1. The van der Waals surface area contributed by atoms with Crippen molar-refractivity contribution < 1.29 is 17.9 Å². The highest BCUT2D eigenvalue weighted by atomic mass is 32.2. The molecule has 8 nitrogen and oxygen atoms in total. The van der Waals surface area contributed by atoms with Crippen LogP contribution in [0.15, 0.2) is 47.5 Å². The molecule has 0 bridgehead atoms. The molecule has 1 amide bonds. The van der Waals surface area contributed by atoms with Crippen LogP contribution in [0, 0.1) is 0 Å². The van der Waals surface area contributed by atoms with Crippen molar-refractivity contribution in [3.63, 3.8) is 0 Å². The molecule has 0 radical (unpaired) electrons. The number of morpholine rings is 1. The lowest BCUT2D eigenvalue weighted by atomic mass is 10.2. The smallest absolute Gasteiger partial charge is 0.255 e. The molecular formula is C22H28N4O4S. The number of nitrogens with zero attached hydrogens (tertiary/aromatic N) is 3. The van der Waals surface area contributed by atoms with Crippen molar-refractivity contribution in [2.75, 3.05) is 36.4 Å². The van der Waals surface area contributed by atoms with E-state index in [2.05, 4.69) is 15.2 Å². The van der Waals surface area contributed by atoms with Crippen molar-refractivity contribution in [3.05, 3.63) is 48.2 Å². The van der Waals surface area contributed by atoms with Crippen molar-refractivity contribution in [3.8, 4) is 0 Å². The molecular weight excluding hydrogens is 416 g/mol. The van der Waals surface area contributed by atoms with E-state index in [9.17, 15) is 13.2 Å². The van der Waals surface area contributed by atoms with Crippen LogP contribution in [0.1, 0.15) is 37.0 Å². The number of carbonyl (C=O) groups is 1. The van der Waals surface area contributed by atoms with Gasteiger partial charge in [-0.25, -0.2) is 13.4 Å². The molecule has 1 N–H and O–H groups in total. The molecule has 1 aromatic carbocycles. The Morgan fingerprint density at radius 1 is 1.10 bits per heavy atom. The first kappa shape index (κ1) is 21.7. The molecule has 2 aliphatic heterocycles. The van der Waals surface area contributed by atoms with E-state index in [1.54, 1.807) is 18.3 Å². The molecule has 2 fully saturated rings. The van der Waals surface area contributed by atoms with E-state index in [0.717, 1.165) is 18.9 Å². The first-order chi connectivity index (χ1) is 14.8. The van der Waals surface area contributed by atoms with E-state index in [4.69, 9.17) is 4.74 Å². The van der Waals surface area contributed by atoms with Gasteiger partial charge in [0.15, 0.2) is 0 Å². The zero-order valence-electron chi connectivity index (χ0n) is 17.8. The van der Waals surface area contributed by atoms with Gasteiger partial charge in [-0.3, -0.25) is 4.79 Å². The van der Waals surface area contributed by atoms with Crippen molar-refractivity contribution >= 4 is 27.4 Å². The minimum absolute atomic E-state index is 0.101. The van der Waals surface area contributed by atoms with Crippen LogP contribution in [0.5, 0.6) is 0 Å². The van der Waals surface area contributed by atoms with E-state index in [0.29, 0.717) is 5.69 Å². The zero-order valence-corrected chi connectivity index (χ0v) is 18.6. The van der Waals surface area contributed by atoms with Crippen LogP contribution in [0.2, 0.25) is 0 Å². The predicted molar refractivity (Wildman–Crippen MR) is 119 cm³/mol. The second kappa shape index (κ2) is 8.94. The average Bonchev–Trinajstić information content (AvgIpc) is 3.28. The number of amides is 1. The Hall–Kier alpha value is -2.49. The fourth-order valence-corrected chi connectivity index (χ4v) is 5.71. The molecule has 3 heterocycles. The van der Waals surface area contributed by atoms with Crippen LogP contribution < -0.4 is 10.2 Å². The Kier molecular flexibility index (Phi) is 6.27. The highest BCUT2D eigenvalue weighted by molar-refractivity contribution is 7.89. The molecule has 1 aromatic heterocycles. The first-order valence-electron chi connectivity index (χ1n) is 10.6. The van der Waals surface area contributed by atoms with Gasteiger partial charge in [0.05, 0.1) is 29.0 Å². The van der Waals surface area contributed by atoms with Gasteiger partial charge in [0.2, 0.25) is 10.0 Å². The lowest BCUT2D eigenvalue weighted by Gasteiger charge is -2.34. The van der Waals surface area contributed by atoms with Gasteiger partial charge in [-0.2, -0.15) is 4.31 Å². The molecule has 2 atom stereocenters. The molecule has 31 heavy (non-hydrogen) atoms. The number of sulfonamides is 1. The summed E-state index contributed by atoms with van der Waals surface area (Å²) < 4.78 is 33.3. The lowest BCUT2D eigenvalue weighted by molar-refractivity contribution is -0.0440. The largest absolute Gasteiger partial charge is 0.373 e. The van der Waals surface area contributed by atoms with Crippen molar-refractivity contribution in [1.29, 1.82) is 0 Å². The third-order valence-corrected chi connectivity index (χ3v) is 7.38. The molecule has 2 unspecified atom stereocenters. The van der Waals surface area contributed by atoms with E-state index >= 15 is 0 Å². The van der Waals surface area contributed by atoms with Crippen LogP contribution in [-0.2, 0) is 14.8 Å². The first-order valence-corrected chi connectivity index (χ1v) is 12.0. The minimum atomic E-state index is -3.72. The highest BCUT2D eigenvalue weighted by Crippen LogP contribution is 2.23. The number of carbonyl (C=O) groups excluding carboxylic acids is 1. The fraction of sp³-hybridized carbons (Fsp3) is 0.455. The van der Waals surface area contributed by atoms with E-state index in [-0.39, 0.29) is 41.7 Å². The molecule has 0 spiro atoms. The number of rotatable bonds is 5. The third kappa shape index (κ3) is 4.89. The summed E-state index contributed by atoms with van der Waals surface area (Å²) in [5, 5.41) is 2.80. The van der Waals surface area contributed by atoms with Crippen molar-refractivity contribution in [1.82, 2.24) is 9.29 Å². The summed E-state index contributed by atoms with van der Waals surface area (Å²) >= 11 is 0. The second-order valence-corrected chi connectivity index (χ2v) is 10.1. The maximum Gasteiger partial charge on any atom is 0.255 e.